The van der Waals surface area contributed by atoms with Gasteiger partial charge in [0, 0.05) is 23.0 Å². The number of carbonyl (C=O) groups is 2. The number of rotatable bonds is 13. The molecule has 1 atom stereocenters. The summed E-state index contributed by atoms with van der Waals surface area (Å²) in [5.41, 5.74) is 3.09. The fourth-order valence-corrected chi connectivity index (χ4v) is 4.52. The molecule has 0 saturated carbocycles. The third kappa shape index (κ3) is 8.96. The highest BCUT2D eigenvalue weighted by atomic mass is 19.1. The lowest BCUT2D eigenvalue weighted by atomic mass is 9.76. The Bertz CT molecular complexity index is 1400. The number of hydrogen-bond acceptors (Lipinski definition) is 4. The highest BCUT2D eigenvalue weighted by Gasteiger charge is 2.29. The Kier molecular flexibility index (Phi) is 11.2. The Morgan fingerprint density at radius 1 is 0.837 bits per heavy atom. The molecule has 0 aliphatic heterocycles. The van der Waals surface area contributed by atoms with E-state index in [9.17, 15) is 19.1 Å². The van der Waals surface area contributed by atoms with Crippen LogP contribution in [0, 0.1) is 5.82 Å². The van der Waals surface area contributed by atoms with Crippen molar-refractivity contribution >= 4 is 29.0 Å². The van der Waals surface area contributed by atoms with Gasteiger partial charge < -0.3 is 25.8 Å². The number of carbonyl (C=O) groups excluding carboxylic acids is 2. The van der Waals surface area contributed by atoms with E-state index >= 15 is 0 Å². The zero-order chi connectivity index (χ0) is 31.8. The number of hydrogen-bond donors (Lipinski definition) is 4. The Labute approximate surface area is 255 Å². The van der Waals surface area contributed by atoms with Crippen LogP contribution in [0.3, 0.4) is 0 Å². The van der Waals surface area contributed by atoms with Crippen molar-refractivity contribution in [2.75, 3.05) is 16.0 Å². The lowest BCUT2D eigenvalue weighted by Crippen LogP contribution is -2.34. The summed E-state index contributed by atoms with van der Waals surface area (Å²) in [4.78, 5) is 25.8. The van der Waals surface area contributed by atoms with Gasteiger partial charge in [-0.2, -0.15) is 0 Å². The van der Waals surface area contributed by atoms with Gasteiger partial charge in [0.2, 0.25) is 0 Å². The summed E-state index contributed by atoms with van der Waals surface area (Å²) in [7, 11) is 0. The van der Waals surface area contributed by atoms with E-state index in [2.05, 4.69) is 76.5 Å². The largest absolute Gasteiger partial charge is 0.506 e. The molecule has 0 radical (unpaired) electrons. The molecule has 3 amide bonds. The van der Waals surface area contributed by atoms with Crippen molar-refractivity contribution in [2.24, 2.45) is 0 Å². The van der Waals surface area contributed by atoms with Crippen molar-refractivity contribution in [3.63, 3.8) is 0 Å². The minimum Gasteiger partial charge on any atom is -0.506 e. The first kappa shape index (κ1) is 33.4. The summed E-state index contributed by atoms with van der Waals surface area (Å²) < 4.78 is 19.6. The van der Waals surface area contributed by atoms with Crippen molar-refractivity contribution in [2.45, 2.75) is 97.5 Å². The molecule has 0 aliphatic carbocycles. The standard InChI is InChI=1S/C35H46FN3O4/c1-8-11-12-31(43-30-20-13-23(34(4,5)9-2)21-27(30)35(6,7)10-3)32(41)37-26-18-19-28(29(40)22-26)39-33(42)38-25-16-14-24(36)15-17-25/h13-22,31,40H,8-12H2,1-7H3,(H,37,41)(H2,38,39,42). The Morgan fingerprint density at radius 3 is 2.09 bits per heavy atom. The first-order chi connectivity index (χ1) is 20.3. The molecule has 1 unspecified atom stereocenters. The lowest BCUT2D eigenvalue weighted by molar-refractivity contribution is -0.123. The van der Waals surface area contributed by atoms with Gasteiger partial charge in [-0.25, -0.2) is 9.18 Å². The molecule has 0 bridgehead atoms. The smallest absolute Gasteiger partial charge is 0.323 e. The van der Waals surface area contributed by atoms with Gasteiger partial charge in [-0.1, -0.05) is 67.0 Å². The maximum Gasteiger partial charge on any atom is 0.323 e. The zero-order valence-corrected chi connectivity index (χ0v) is 26.4. The van der Waals surface area contributed by atoms with E-state index in [1.807, 2.05) is 6.07 Å². The molecular weight excluding hydrogens is 545 g/mol. The van der Waals surface area contributed by atoms with Crippen LogP contribution in [0.4, 0.5) is 26.2 Å². The van der Waals surface area contributed by atoms with Crippen LogP contribution in [-0.2, 0) is 15.6 Å². The number of urea groups is 1. The second-order valence-electron chi connectivity index (χ2n) is 12.2. The SMILES string of the molecule is CCCCC(Oc1ccc(C(C)(C)CC)cc1C(C)(C)CC)C(=O)Nc1ccc(NC(=O)Nc2ccc(F)cc2)c(O)c1. The average Bonchev–Trinajstić information content (AvgIpc) is 2.97. The molecule has 0 fully saturated rings. The van der Waals surface area contributed by atoms with Crippen LogP contribution in [0.1, 0.15) is 91.7 Å². The third-order valence-corrected chi connectivity index (χ3v) is 8.26. The first-order valence-electron chi connectivity index (χ1n) is 15.1. The minimum absolute atomic E-state index is 0.0146. The van der Waals surface area contributed by atoms with Gasteiger partial charge in [-0.3, -0.25) is 4.79 Å². The molecule has 3 rings (SSSR count). The van der Waals surface area contributed by atoms with Gasteiger partial charge in [0.1, 0.15) is 17.3 Å². The average molecular weight is 592 g/mol. The second kappa shape index (κ2) is 14.4. The maximum absolute atomic E-state index is 13.5. The van der Waals surface area contributed by atoms with E-state index in [1.165, 1.54) is 42.0 Å². The summed E-state index contributed by atoms with van der Waals surface area (Å²) in [6.45, 7) is 15.3. The van der Waals surface area contributed by atoms with Gasteiger partial charge in [-0.15, -0.1) is 0 Å². The predicted octanol–water partition coefficient (Wildman–Crippen LogP) is 9.13. The highest BCUT2D eigenvalue weighted by Crippen LogP contribution is 2.39. The number of phenolic OH excluding ortho intramolecular Hbond substituents is 1. The number of amides is 3. The van der Waals surface area contributed by atoms with Crippen LogP contribution in [0.25, 0.3) is 0 Å². The summed E-state index contributed by atoms with van der Waals surface area (Å²) in [6, 6.07) is 15.5. The van der Waals surface area contributed by atoms with Crippen molar-refractivity contribution in [3.05, 3.63) is 77.6 Å². The molecule has 4 N–H and O–H groups in total. The van der Waals surface area contributed by atoms with E-state index < -0.39 is 18.0 Å². The fraction of sp³-hybridized carbons (Fsp3) is 0.429. The van der Waals surface area contributed by atoms with Crippen LogP contribution >= 0.6 is 0 Å². The van der Waals surface area contributed by atoms with E-state index in [4.69, 9.17) is 4.74 Å². The molecule has 7 nitrogen and oxygen atoms in total. The summed E-state index contributed by atoms with van der Waals surface area (Å²) in [5, 5.41) is 18.5. The molecule has 0 aliphatic rings. The lowest BCUT2D eigenvalue weighted by Gasteiger charge is -2.31. The van der Waals surface area contributed by atoms with E-state index in [-0.39, 0.29) is 28.2 Å². The quantitative estimate of drug-likeness (QED) is 0.149. The number of halogens is 1. The second-order valence-corrected chi connectivity index (χ2v) is 12.2. The monoisotopic (exact) mass is 591 g/mol. The summed E-state index contributed by atoms with van der Waals surface area (Å²) in [6.07, 6.45) is 3.42. The number of phenols is 1. The number of nitrogens with one attached hydrogen (secondary N) is 3. The van der Waals surface area contributed by atoms with Gasteiger partial charge in [0.15, 0.2) is 6.10 Å². The summed E-state index contributed by atoms with van der Waals surface area (Å²) in [5.74, 6) is -0.254. The molecule has 232 valence electrons. The molecule has 3 aromatic carbocycles. The summed E-state index contributed by atoms with van der Waals surface area (Å²) >= 11 is 0. The van der Waals surface area contributed by atoms with Gasteiger partial charge in [0.25, 0.3) is 5.91 Å². The van der Waals surface area contributed by atoms with Crippen LogP contribution in [-0.4, -0.2) is 23.1 Å². The van der Waals surface area contributed by atoms with Gasteiger partial charge in [-0.05, 0) is 84.5 Å². The Hall–Kier alpha value is -4.07. The van der Waals surface area contributed by atoms with E-state index in [1.54, 1.807) is 6.07 Å². The molecule has 3 aromatic rings. The van der Waals surface area contributed by atoms with E-state index in [0.29, 0.717) is 23.5 Å². The molecule has 0 saturated heterocycles. The van der Waals surface area contributed by atoms with Crippen molar-refractivity contribution in [1.82, 2.24) is 0 Å². The maximum atomic E-state index is 13.5. The molecule has 0 heterocycles. The topological polar surface area (TPSA) is 99.7 Å². The van der Waals surface area contributed by atoms with Crippen LogP contribution < -0.4 is 20.7 Å². The molecular formula is C35H46FN3O4. The van der Waals surface area contributed by atoms with Crippen LogP contribution in [0.2, 0.25) is 0 Å². The normalized spacial score (nSPS) is 12.4. The zero-order valence-electron chi connectivity index (χ0n) is 26.4. The molecule has 0 spiro atoms. The number of benzene rings is 3. The Morgan fingerprint density at radius 2 is 1.49 bits per heavy atom. The van der Waals surface area contributed by atoms with Crippen molar-refractivity contribution < 1.29 is 23.8 Å². The predicted molar refractivity (Wildman–Crippen MR) is 173 cm³/mol. The number of anilines is 3. The molecule has 0 aromatic heterocycles. The number of unbranched alkanes of at least 4 members (excludes halogenated alkanes) is 1. The van der Waals surface area contributed by atoms with E-state index in [0.717, 1.165) is 31.2 Å². The number of ether oxygens (including phenoxy) is 1. The van der Waals surface area contributed by atoms with Crippen LogP contribution in [0.15, 0.2) is 60.7 Å². The van der Waals surface area contributed by atoms with Crippen LogP contribution in [0.5, 0.6) is 11.5 Å². The molecule has 8 heteroatoms. The molecule has 43 heavy (non-hydrogen) atoms. The van der Waals surface area contributed by atoms with Crippen molar-refractivity contribution in [1.29, 1.82) is 0 Å². The van der Waals surface area contributed by atoms with Gasteiger partial charge >= 0.3 is 6.03 Å². The minimum atomic E-state index is -0.738. The number of aromatic hydroxyl groups is 1. The third-order valence-electron chi connectivity index (χ3n) is 8.26. The first-order valence-corrected chi connectivity index (χ1v) is 15.1. The van der Waals surface area contributed by atoms with Crippen molar-refractivity contribution in [3.8, 4) is 11.5 Å². The fourth-order valence-electron chi connectivity index (χ4n) is 4.52. The Balaban J connectivity index is 1.78. The highest BCUT2D eigenvalue weighted by molar-refractivity contribution is 6.01. The van der Waals surface area contributed by atoms with Gasteiger partial charge in [0.05, 0.1) is 5.69 Å².